The second kappa shape index (κ2) is 5.63. The Balaban J connectivity index is 2.89. The van der Waals surface area contributed by atoms with Crippen molar-refractivity contribution in [3.05, 3.63) is 0 Å². The Morgan fingerprint density at radius 1 is 1.00 bits per heavy atom. The summed E-state index contributed by atoms with van der Waals surface area (Å²) in [6.45, 7) is 15.3. The molecule has 1 heterocycles. The smallest absolute Gasteiger partial charge is 0.410 e. The molecule has 1 aliphatic rings. The Labute approximate surface area is 129 Å². The van der Waals surface area contributed by atoms with Crippen LogP contribution in [0, 0.1) is 0 Å². The van der Waals surface area contributed by atoms with E-state index in [-0.39, 0.29) is 5.97 Å². The van der Waals surface area contributed by atoms with Gasteiger partial charge >= 0.3 is 12.1 Å². The predicted octanol–water partition coefficient (Wildman–Crippen LogP) is 3.20. The topological polar surface area (TPSA) is 55.8 Å². The number of carbonyl (C=O) groups excluding carboxylic acids is 2. The minimum Gasteiger partial charge on any atom is -0.458 e. The summed E-state index contributed by atoms with van der Waals surface area (Å²) in [5.41, 5.74) is -1.12. The van der Waals surface area contributed by atoms with E-state index in [9.17, 15) is 9.59 Å². The summed E-state index contributed by atoms with van der Waals surface area (Å²) in [5, 5.41) is 0. The zero-order valence-corrected chi connectivity index (χ0v) is 15.6. The lowest BCUT2D eigenvalue weighted by Gasteiger charge is -2.29. The van der Waals surface area contributed by atoms with Crippen molar-refractivity contribution in [3.8, 4) is 0 Å². The first-order valence-corrected chi connectivity index (χ1v) is 10.8. The van der Waals surface area contributed by atoms with Crippen LogP contribution in [0.4, 0.5) is 4.79 Å². The first-order chi connectivity index (χ1) is 9.20. The van der Waals surface area contributed by atoms with Crippen molar-refractivity contribution in [2.75, 3.05) is 6.17 Å². The van der Waals surface area contributed by atoms with E-state index in [2.05, 4.69) is 13.1 Å². The molecule has 0 bridgehead atoms. The molecular weight excluding hydrogens is 286 g/mol. The van der Waals surface area contributed by atoms with Crippen LogP contribution in [-0.2, 0) is 14.3 Å². The normalized spacial score (nSPS) is 22.1. The Kier molecular flexibility index (Phi) is 4.83. The van der Waals surface area contributed by atoms with Gasteiger partial charge in [-0.1, -0.05) is 13.1 Å². The minimum atomic E-state index is -1.62. The average Bonchev–Trinajstić information content (AvgIpc) is 2.49. The third-order valence-corrected chi connectivity index (χ3v) is 5.72. The highest BCUT2D eigenvalue weighted by Gasteiger charge is 2.47. The molecule has 0 saturated carbocycles. The van der Waals surface area contributed by atoms with Crippen LogP contribution in [0.5, 0.6) is 0 Å². The maximum atomic E-state index is 12.4. The van der Waals surface area contributed by atoms with E-state index in [1.807, 2.05) is 41.5 Å². The van der Waals surface area contributed by atoms with Gasteiger partial charge in [-0.05, 0) is 47.6 Å². The van der Waals surface area contributed by atoms with Crippen LogP contribution in [0.3, 0.4) is 0 Å². The molecule has 6 heteroatoms. The molecule has 21 heavy (non-hydrogen) atoms. The number of hydrogen-bond acceptors (Lipinski definition) is 4. The first kappa shape index (κ1) is 18.0. The molecular formula is C15H29NO4Si. The number of carbonyl (C=O) groups is 2. The molecule has 0 spiro atoms. The highest BCUT2D eigenvalue weighted by molar-refractivity contribution is 6.78. The van der Waals surface area contributed by atoms with Crippen molar-refractivity contribution >= 4 is 20.1 Å². The molecule has 1 fully saturated rings. The molecule has 0 aliphatic carbocycles. The van der Waals surface area contributed by atoms with E-state index in [4.69, 9.17) is 9.47 Å². The number of ether oxygens (including phenoxy) is 2. The largest absolute Gasteiger partial charge is 0.458 e. The molecule has 1 aliphatic heterocycles. The lowest BCUT2D eigenvalue weighted by Crippen LogP contribution is -2.45. The summed E-state index contributed by atoms with van der Waals surface area (Å²) in [5.74, 6) is -0.327. The van der Waals surface area contributed by atoms with Gasteiger partial charge < -0.3 is 9.47 Å². The Hall–Kier alpha value is -1.04. The van der Waals surface area contributed by atoms with Gasteiger partial charge in [-0.25, -0.2) is 9.59 Å². The predicted molar refractivity (Wildman–Crippen MR) is 84.9 cm³/mol. The fourth-order valence-electron chi connectivity index (χ4n) is 2.36. The zero-order chi connectivity index (χ0) is 16.6. The van der Waals surface area contributed by atoms with Gasteiger partial charge in [0, 0.05) is 6.17 Å². The van der Waals surface area contributed by atoms with Gasteiger partial charge in [-0.3, -0.25) is 4.90 Å². The molecule has 1 amide bonds. The number of hydrogen-bond donors (Lipinski definition) is 0. The molecule has 5 nitrogen and oxygen atoms in total. The molecule has 0 N–H and O–H groups in total. The van der Waals surface area contributed by atoms with Crippen molar-refractivity contribution in [2.45, 2.75) is 77.9 Å². The van der Waals surface area contributed by atoms with Crippen molar-refractivity contribution in [1.29, 1.82) is 0 Å². The average molecular weight is 315 g/mol. The molecule has 1 rings (SSSR count). The summed E-state index contributed by atoms with van der Waals surface area (Å²) in [6.07, 6.45) is 0.211. The maximum Gasteiger partial charge on any atom is 0.410 e. The second-order valence-corrected chi connectivity index (χ2v) is 13.6. The number of amides is 1. The standard InChI is InChI=1S/C15H29NO4Si/c1-14(2,3)19-12(17)11-9-21(7,8)10-16(11)13(18)20-15(4,5)6/h11H,9-10H2,1-8H3. The van der Waals surface area contributed by atoms with Crippen LogP contribution < -0.4 is 0 Å². The number of rotatable bonds is 1. The van der Waals surface area contributed by atoms with Crippen LogP contribution in [-0.4, -0.2) is 48.4 Å². The van der Waals surface area contributed by atoms with Crippen LogP contribution in [0.2, 0.25) is 19.1 Å². The SMILES string of the molecule is CC(C)(C)OC(=O)C1C[Si](C)(C)CN1C(=O)OC(C)(C)C. The molecule has 1 saturated heterocycles. The quantitative estimate of drug-likeness (QED) is 0.551. The van der Waals surface area contributed by atoms with Crippen molar-refractivity contribution < 1.29 is 19.1 Å². The Morgan fingerprint density at radius 2 is 1.48 bits per heavy atom. The van der Waals surface area contributed by atoms with Crippen molar-refractivity contribution in [1.82, 2.24) is 4.90 Å². The van der Waals surface area contributed by atoms with Gasteiger partial charge in [0.2, 0.25) is 0 Å². The number of nitrogens with zero attached hydrogens (tertiary/aromatic N) is 1. The van der Waals surface area contributed by atoms with Crippen LogP contribution in [0.15, 0.2) is 0 Å². The van der Waals surface area contributed by atoms with Gasteiger partial charge in [-0.2, -0.15) is 0 Å². The third-order valence-electron chi connectivity index (χ3n) is 3.03. The van der Waals surface area contributed by atoms with E-state index in [1.54, 1.807) is 4.90 Å². The lowest BCUT2D eigenvalue weighted by molar-refractivity contribution is -0.159. The highest BCUT2D eigenvalue weighted by atomic mass is 28.3. The van der Waals surface area contributed by atoms with Gasteiger partial charge in [-0.15, -0.1) is 0 Å². The lowest BCUT2D eigenvalue weighted by atomic mass is 10.2. The summed E-state index contributed by atoms with van der Waals surface area (Å²) < 4.78 is 10.9. The molecule has 0 aromatic carbocycles. The summed E-state index contributed by atoms with van der Waals surface area (Å²) in [7, 11) is -1.62. The molecule has 1 atom stereocenters. The van der Waals surface area contributed by atoms with Crippen molar-refractivity contribution in [2.24, 2.45) is 0 Å². The van der Waals surface area contributed by atoms with Gasteiger partial charge in [0.1, 0.15) is 17.2 Å². The van der Waals surface area contributed by atoms with E-state index in [1.165, 1.54) is 0 Å². The molecule has 0 aromatic heterocycles. The van der Waals surface area contributed by atoms with E-state index in [0.717, 1.165) is 6.04 Å². The molecule has 122 valence electrons. The van der Waals surface area contributed by atoms with E-state index >= 15 is 0 Å². The zero-order valence-electron chi connectivity index (χ0n) is 14.6. The Bertz CT molecular complexity index is 382. The van der Waals surface area contributed by atoms with Gasteiger partial charge in [0.25, 0.3) is 0 Å². The summed E-state index contributed by atoms with van der Waals surface area (Å²) in [4.78, 5) is 26.3. The summed E-state index contributed by atoms with van der Waals surface area (Å²) in [6, 6.07) is 0.210. The van der Waals surface area contributed by atoms with Crippen LogP contribution in [0.1, 0.15) is 41.5 Å². The monoisotopic (exact) mass is 315 g/mol. The van der Waals surface area contributed by atoms with Gasteiger partial charge in [0.15, 0.2) is 0 Å². The highest BCUT2D eigenvalue weighted by Crippen LogP contribution is 2.30. The van der Waals surface area contributed by atoms with E-state index < -0.39 is 31.4 Å². The van der Waals surface area contributed by atoms with E-state index in [0.29, 0.717) is 6.17 Å². The van der Waals surface area contributed by atoms with Crippen LogP contribution in [0.25, 0.3) is 0 Å². The fraction of sp³-hybridized carbons (Fsp3) is 0.867. The van der Waals surface area contributed by atoms with Crippen molar-refractivity contribution in [3.63, 3.8) is 0 Å². The molecule has 0 radical (unpaired) electrons. The van der Waals surface area contributed by atoms with Gasteiger partial charge in [0.05, 0.1) is 8.07 Å². The maximum absolute atomic E-state index is 12.4. The second-order valence-electron chi connectivity index (χ2n) is 8.53. The molecule has 1 unspecified atom stereocenters. The third kappa shape index (κ3) is 5.69. The van der Waals surface area contributed by atoms with Crippen LogP contribution >= 0.6 is 0 Å². The minimum absolute atomic E-state index is 0.327. The fourth-order valence-corrected chi connectivity index (χ4v) is 5.20. The first-order valence-electron chi connectivity index (χ1n) is 7.43. The summed E-state index contributed by atoms with van der Waals surface area (Å²) >= 11 is 0. The number of esters is 1. The Morgan fingerprint density at radius 3 is 1.90 bits per heavy atom. The molecule has 0 aromatic rings.